The van der Waals surface area contributed by atoms with Crippen molar-refractivity contribution < 1.29 is 9.53 Å². The lowest BCUT2D eigenvalue weighted by molar-refractivity contribution is -0.145. The summed E-state index contributed by atoms with van der Waals surface area (Å²) in [5.41, 5.74) is 0.391. The first-order valence-corrected chi connectivity index (χ1v) is 7.18. The molecule has 21 heavy (non-hydrogen) atoms. The van der Waals surface area contributed by atoms with Crippen LogP contribution in [0.15, 0.2) is 29.1 Å². The van der Waals surface area contributed by atoms with Gasteiger partial charge in [0, 0.05) is 0 Å². The topological polar surface area (TPSA) is 64.1 Å². The Balaban J connectivity index is 2.70. The predicted molar refractivity (Wildman–Crippen MR) is 83.9 cm³/mol. The summed E-state index contributed by atoms with van der Waals surface area (Å²) in [5.74, 6) is -0.234. The van der Waals surface area contributed by atoms with Gasteiger partial charge in [0.25, 0.3) is 5.56 Å². The number of aromatic amines is 1. The molecule has 0 saturated heterocycles. The summed E-state index contributed by atoms with van der Waals surface area (Å²) in [6, 6.07) is 6.38. The van der Waals surface area contributed by atoms with Crippen LogP contribution in [0.2, 0.25) is 0 Å². The van der Waals surface area contributed by atoms with Crippen molar-refractivity contribution in [2.45, 2.75) is 26.3 Å². The maximum Gasteiger partial charge on any atom is 0.329 e. The lowest BCUT2D eigenvalue weighted by Crippen LogP contribution is -2.33. The Bertz CT molecular complexity index is 776. The van der Waals surface area contributed by atoms with Crippen LogP contribution in [0.3, 0.4) is 0 Å². The van der Waals surface area contributed by atoms with E-state index in [9.17, 15) is 9.59 Å². The van der Waals surface area contributed by atoms with E-state index in [0.29, 0.717) is 17.3 Å². The molecule has 0 aliphatic carbocycles. The molecule has 1 heterocycles. The molecule has 1 aromatic heterocycles. The number of fused-ring (bicyclic) bond motifs is 1. The van der Waals surface area contributed by atoms with Crippen LogP contribution in [-0.2, 0) is 9.53 Å². The molecule has 0 fully saturated rings. The lowest BCUT2D eigenvalue weighted by Gasteiger charge is -2.19. The molecule has 0 aliphatic rings. The Morgan fingerprint density at radius 2 is 2.05 bits per heavy atom. The largest absolute Gasteiger partial charge is 0.467 e. The second kappa shape index (κ2) is 6.22. The fourth-order valence-corrected chi connectivity index (χ4v) is 2.67. The average Bonchev–Trinajstić information content (AvgIpc) is 2.45. The van der Waals surface area contributed by atoms with E-state index in [-0.39, 0.29) is 16.2 Å². The highest BCUT2D eigenvalue weighted by Crippen LogP contribution is 2.19. The number of esters is 1. The number of H-pyrrole nitrogens is 1. The zero-order chi connectivity index (χ0) is 15.6. The van der Waals surface area contributed by atoms with Crippen LogP contribution in [0.4, 0.5) is 0 Å². The van der Waals surface area contributed by atoms with Gasteiger partial charge in [0.05, 0.1) is 18.0 Å². The molecule has 1 N–H and O–H groups in total. The molecule has 5 nitrogen and oxygen atoms in total. The summed E-state index contributed by atoms with van der Waals surface area (Å²) >= 11 is 5.26. The monoisotopic (exact) mass is 306 g/mol. The van der Waals surface area contributed by atoms with Crippen LogP contribution in [0, 0.1) is 10.7 Å². The quantitative estimate of drug-likeness (QED) is 0.697. The van der Waals surface area contributed by atoms with Gasteiger partial charge in [0.15, 0.2) is 4.77 Å². The van der Waals surface area contributed by atoms with Crippen LogP contribution in [0.25, 0.3) is 10.9 Å². The van der Waals surface area contributed by atoms with Crippen LogP contribution < -0.4 is 5.56 Å². The van der Waals surface area contributed by atoms with E-state index in [1.54, 1.807) is 18.2 Å². The number of methoxy groups -OCH3 is 1. The normalized spacial score (nSPS) is 12.6. The van der Waals surface area contributed by atoms with Gasteiger partial charge in [-0.05, 0) is 36.7 Å². The van der Waals surface area contributed by atoms with Crippen LogP contribution >= 0.6 is 12.2 Å². The van der Waals surface area contributed by atoms with Crippen LogP contribution in [0.1, 0.15) is 26.3 Å². The SMILES string of the molecule is COC(=O)C(CC(C)C)n1c(=S)[nH]c2ccccc2c1=O. The van der Waals surface area contributed by atoms with Crippen molar-refractivity contribution in [3.05, 3.63) is 39.4 Å². The Morgan fingerprint density at radius 3 is 2.67 bits per heavy atom. The highest BCUT2D eigenvalue weighted by atomic mass is 32.1. The molecule has 0 saturated carbocycles. The Labute approximate surface area is 127 Å². The number of nitrogens with one attached hydrogen (secondary N) is 1. The number of ether oxygens (including phenoxy) is 1. The highest BCUT2D eigenvalue weighted by molar-refractivity contribution is 7.71. The summed E-state index contributed by atoms with van der Waals surface area (Å²) in [6.45, 7) is 3.96. The van der Waals surface area contributed by atoms with Crippen molar-refractivity contribution in [1.29, 1.82) is 0 Å². The molecule has 0 bridgehead atoms. The molecule has 1 aromatic carbocycles. The smallest absolute Gasteiger partial charge is 0.329 e. The number of aromatic nitrogens is 2. The van der Waals surface area contributed by atoms with Crippen molar-refractivity contribution in [2.75, 3.05) is 7.11 Å². The van der Waals surface area contributed by atoms with Gasteiger partial charge >= 0.3 is 5.97 Å². The molecule has 112 valence electrons. The van der Waals surface area contributed by atoms with Crippen molar-refractivity contribution in [3.8, 4) is 0 Å². The zero-order valence-corrected chi connectivity index (χ0v) is 13.1. The molecular formula is C15H18N2O3S. The van der Waals surface area contributed by atoms with Gasteiger partial charge in [-0.2, -0.15) is 0 Å². The van der Waals surface area contributed by atoms with E-state index in [4.69, 9.17) is 17.0 Å². The molecule has 2 aromatic rings. The molecular weight excluding hydrogens is 288 g/mol. The minimum atomic E-state index is -0.712. The summed E-state index contributed by atoms with van der Waals surface area (Å²) in [7, 11) is 1.31. The van der Waals surface area contributed by atoms with E-state index in [1.807, 2.05) is 19.9 Å². The van der Waals surface area contributed by atoms with Gasteiger partial charge in [-0.15, -0.1) is 0 Å². The highest BCUT2D eigenvalue weighted by Gasteiger charge is 2.25. The van der Waals surface area contributed by atoms with Crippen molar-refractivity contribution in [3.63, 3.8) is 0 Å². The Hall–Kier alpha value is -1.95. The minimum absolute atomic E-state index is 0.224. The van der Waals surface area contributed by atoms with Gasteiger partial charge in [-0.25, -0.2) is 4.79 Å². The maximum absolute atomic E-state index is 12.7. The Kier molecular flexibility index (Phi) is 4.57. The molecule has 0 aliphatic heterocycles. The minimum Gasteiger partial charge on any atom is -0.467 e. The number of nitrogens with zero attached hydrogens (tertiary/aromatic N) is 1. The zero-order valence-electron chi connectivity index (χ0n) is 12.3. The van der Waals surface area contributed by atoms with Gasteiger partial charge in [-0.1, -0.05) is 26.0 Å². The van der Waals surface area contributed by atoms with E-state index < -0.39 is 12.0 Å². The lowest BCUT2D eigenvalue weighted by atomic mass is 10.0. The maximum atomic E-state index is 12.7. The van der Waals surface area contributed by atoms with Crippen LogP contribution in [0.5, 0.6) is 0 Å². The number of carbonyl (C=O) groups is 1. The van der Waals surface area contributed by atoms with Gasteiger partial charge in [-0.3, -0.25) is 9.36 Å². The van der Waals surface area contributed by atoms with E-state index >= 15 is 0 Å². The van der Waals surface area contributed by atoms with Gasteiger partial charge < -0.3 is 9.72 Å². The average molecular weight is 306 g/mol. The number of para-hydroxylation sites is 1. The molecule has 0 amide bonds. The van der Waals surface area contributed by atoms with Gasteiger partial charge in [0.2, 0.25) is 0 Å². The fourth-order valence-electron chi connectivity index (χ4n) is 2.35. The molecule has 0 radical (unpaired) electrons. The number of hydrogen-bond donors (Lipinski definition) is 1. The molecule has 1 unspecified atom stereocenters. The molecule has 2 rings (SSSR count). The standard InChI is InChI=1S/C15H18N2O3S/c1-9(2)8-12(14(19)20-3)17-13(18)10-6-4-5-7-11(10)16-15(17)21/h4-7,9,12H,8H2,1-3H3,(H,16,21). The second-order valence-corrected chi connectivity index (χ2v) is 5.71. The summed E-state index contributed by atoms with van der Waals surface area (Å²) in [4.78, 5) is 27.7. The van der Waals surface area contributed by atoms with Gasteiger partial charge in [0.1, 0.15) is 6.04 Å². The number of hydrogen-bond acceptors (Lipinski definition) is 4. The van der Waals surface area contributed by atoms with Crippen molar-refractivity contribution in [2.24, 2.45) is 5.92 Å². The third-order valence-electron chi connectivity index (χ3n) is 3.32. The summed E-state index contributed by atoms with van der Waals surface area (Å²) in [6.07, 6.45) is 0.488. The van der Waals surface area contributed by atoms with E-state index in [0.717, 1.165) is 0 Å². The number of carbonyl (C=O) groups excluding carboxylic acids is 1. The van der Waals surface area contributed by atoms with E-state index in [1.165, 1.54) is 11.7 Å². The van der Waals surface area contributed by atoms with E-state index in [2.05, 4.69) is 4.98 Å². The number of rotatable bonds is 4. The Morgan fingerprint density at radius 1 is 1.38 bits per heavy atom. The molecule has 1 atom stereocenters. The third-order valence-corrected chi connectivity index (χ3v) is 3.62. The fraction of sp³-hybridized carbons (Fsp3) is 0.400. The van der Waals surface area contributed by atoms with Crippen molar-refractivity contribution >= 4 is 29.1 Å². The first-order chi connectivity index (χ1) is 9.95. The predicted octanol–water partition coefficient (Wildman–Crippen LogP) is 2.82. The third kappa shape index (κ3) is 3.05. The first-order valence-electron chi connectivity index (χ1n) is 6.77. The second-order valence-electron chi connectivity index (χ2n) is 5.32. The molecule has 6 heteroatoms. The van der Waals surface area contributed by atoms with Crippen molar-refractivity contribution in [1.82, 2.24) is 9.55 Å². The number of benzene rings is 1. The van der Waals surface area contributed by atoms with Crippen LogP contribution in [-0.4, -0.2) is 22.6 Å². The molecule has 0 spiro atoms. The first kappa shape index (κ1) is 15.4. The summed E-state index contributed by atoms with van der Waals surface area (Å²) in [5, 5.41) is 0.503. The summed E-state index contributed by atoms with van der Waals surface area (Å²) < 4.78 is 6.39.